The summed E-state index contributed by atoms with van der Waals surface area (Å²) in [7, 11) is 1.72. The Kier molecular flexibility index (Phi) is 11.9. The molecule has 2 aliphatic rings. The van der Waals surface area contributed by atoms with E-state index in [0.717, 1.165) is 50.9 Å². The minimum Gasteiger partial charge on any atom is -0.497 e. The minimum atomic E-state index is 0. The van der Waals surface area contributed by atoms with Crippen LogP contribution in [0.1, 0.15) is 77.2 Å². The van der Waals surface area contributed by atoms with E-state index >= 15 is 0 Å². The van der Waals surface area contributed by atoms with Crippen molar-refractivity contribution in [2.45, 2.75) is 84.1 Å². The molecule has 1 aliphatic carbocycles. The van der Waals surface area contributed by atoms with Crippen LogP contribution in [0, 0.1) is 11.8 Å². The lowest BCUT2D eigenvalue weighted by Crippen LogP contribution is -2.46. The standard InChI is InChI=1S/C27H44N2O2.ClH/c1-4-5-17-29(22(2)20-23-11-13-26(31-3)14-12-23)21-24-15-18-28(19-16-24)27(30)25-9-7-6-8-10-25;/h11-14,22,24-25H,4-10,15-21H2,1-3H3;1H. The van der Waals surface area contributed by atoms with Gasteiger partial charge in [-0.15, -0.1) is 12.4 Å². The number of likely N-dealkylation sites (tertiary alicyclic amines) is 1. The second-order valence-corrected chi connectivity index (χ2v) is 9.85. The fraction of sp³-hybridized carbons (Fsp3) is 0.741. The highest BCUT2D eigenvalue weighted by Gasteiger charge is 2.30. The van der Waals surface area contributed by atoms with E-state index in [2.05, 4.69) is 47.9 Å². The number of piperidine rings is 1. The number of carbonyl (C=O) groups is 1. The number of amides is 1. The van der Waals surface area contributed by atoms with Gasteiger partial charge in [0.2, 0.25) is 5.91 Å². The van der Waals surface area contributed by atoms with Gasteiger partial charge in [-0.25, -0.2) is 0 Å². The van der Waals surface area contributed by atoms with Crippen molar-refractivity contribution in [3.63, 3.8) is 0 Å². The maximum Gasteiger partial charge on any atom is 0.225 e. The predicted octanol–water partition coefficient (Wildman–Crippen LogP) is 5.97. The van der Waals surface area contributed by atoms with Crippen LogP contribution in [0.25, 0.3) is 0 Å². The first-order valence-corrected chi connectivity index (χ1v) is 12.8. The highest BCUT2D eigenvalue weighted by Crippen LogP contribution is 2.28. The van der Waals surface area contributed by atoms with E-state index in [1.165, 1.54) is 50.8 Å². The van der Waals surface area contributed by atoms with Gasteiger partial charge in [-0.2, -0.15) is 0 Å². The molecule has 0 spiro atoms. The minimum absolute atomic E-state index is 0. The van der Waals surface area contributed by atoms with Crippen molar-refractivity contribution in [2.24, 2.45) is 11.8 Å². The monoisotopic (exact) mass is 464 g/mol. The predicted molar refractivity (Wildman–Crippen MR) is 136 cm³/mol. The number of benzene rings is 1. The zero-order valence-corrected chi connectivity index (χ0v) is 21.4. The van der Waals surface area contributed by atoms with Crippen LogP contribution >= 0.6 is 12.4 Å². The normalized spacial score (nSPS) is 18.9. The summed E-state index contributed by atoms with van der Waals surface area (Å²) in [4.78, 5) is 17.8. The number of halogens is 1. The summed E-state index contributed by atoms with van der Waals surface area (Å²) in [5.41, 5.74) is 1.38. The number of nitrogens with zero attached hydrogens (tertiary/aromatic N) is 2. The Labute approximate surface area is 202 Å². The van der Waals surface area contributed by atoms with Gasteiger partial charge in [0, 0.05) is 31.6 Å². The van der Waals surface area contributed by atoms with Crippen LogP contribution in [-0.4, -0.2) is 55.0 Å². The molecule has 1 saturated carbocycles. The molecule has 1 heterocycles. The molecule has 182 valence electrons. The van der Waals surface area contributed by atoms with Crippen LogP contribution in [0.4, 0.5) is 0 Å². The number of unbranched alkanes of at least 4 members (excludes halogenated alkanes) is 1. The maximum atomic E-state index is 12.9. The van der Waals surface area contributed by atoms with E-state index in [0.29, 0.717) is 23.8 Å². The number of hydrogen-bond donors (Lipinski definition) is 0. The number of carbonyl (C=O) groups excluding carboxylic acids is 1. The Bertz CT molecular complexity index is 652. The van der Waals surface area contributed by atoms with Crippen LogP contribution < -0.4 is 4.74 Å². The molecule has 1 aromatic rings. The van der Waals surface area contributed by atoms with E-state index in [1.54, 1.807) is 7.11 Å². The van der Waals surface area contributed by atoms with Crippen molar-refractivity contribution in [2.75, 3.05) is 33.3 Å². The summed E-state index contributed by atoms with van der Waals surface area (Å²) in [6.45, 7) is 8.93. The zero-order chi connectivity index (χ0) is 22.1. The molecule has 1 atom stereocenters. The van der Waals surface area contributed by atoms with E-state index in [4.69, 9.17) is 4.74 Å². The Balaban J connectivity index is 0.00000363. The molecule has 1 amide bonds. The maximum absolute atomic E-state index is 12.9. The highest BCUT2D eigenvalue weighted by atomic mass is 35.5. The van der Waals surface area contributed by atoms with Crippen LogP contribution in [0.5, 0.6) is 5.75 Å². The number of hydrogen-bond acceptors (Lipinski definition) is 3. The van der Waals surface area contributed by atoms with Crippen molar-refractivity contribution in [3.05, 3.63) is 29.8 Å². The van der Waals surface area contributed by atoms with Gasteiger partial charge in [-0.1, -0.05) is 44.7 Å². The van der Waals surface area contributed by atoms with E-state index in [9.17, 15) is 4.79 Å². The average Bonchev–Trinajstić information content (AvgIpc) is 2.82. The molecule has 3 rings (SSSR count). The number of methoxy groups -OCH3 is 1. The summed E-state index contributed by atoms with van der Waals surface area (Å²) in [6.07, 6.45) is 11.9. The van der Waals surface area contributed by atoms with Gasteiger partial charge in [-0.3, -0.25) is 4.79 Å². The number of rotatable bonds is 10. The molecule has 1 saturated heterocycles. The second kappa shape index (κ2) is 14.1. The lowest BCUT2D eigenvalue weighted by atomic mass is 9.87. The van der Waals surface area contributed by atoms with E-state index < -0.39 is 0 Å². The molecule has 2 fully saturated rings. The topological polar surface area (TPSA) is 32.8 Å². The van der Waals surface area contributed by atoms with Gasteiger partial charge < -0.3 is 14.5 Å². The lowest BCUT2D eigenvalue weighted by Gasteiger charge is -2.38. The molecule has 5 heteroatoms. The molecule has 1 aliphatic heterocycles. The summed E-state index contributed by atoms with van der Waals surface area (Å²) < 4.78 is 5.30. The molecule has 4 nitrogen and oxygen atoms in total. The van der Waals surface area contributed by atoms with Crippen LogP contribution in [-0.2, 0) is 11.2 Å². The molecule has 0 radical (unpaired) electrons. The van der Waals surface area contributed by atoms with Crippen LogP contribution in [0.3, 0.4) is 0 Å². The zero-order valence-electron chi connectivity index (χ0n) is 20.6. The Morgan fingerprint density at radius 2 is 1.75 bits per heavy atom. The average molecular weight is 465 g/mol. The summed E-state index contributed by atoms with van der Waals surface area (Å²) in [6, 6.07) is 9.06. The van der Waals surface area contributed by atoms with Gasteiger partial charge in [0.1, 0.15) is 5.75 Å². The third kappa shape index (κ3) is 7.95. The first-order chi connectivity index (χ1) is 15.1. The first-order valence-electron chi connectivity index (χ1n) is 12.8. The molecular weight excluding hydrogens is 420 g/mol. The summed E-state index contributed by atoms with van der Waals surface area (Å²) in [5, 5.41) is 0. The molecule has 32 heavy (non-hydrogen) atoms. The molecule has 1 unspecified atom stereocenters. The Morgan fingerprint density at radius 3 is 2.34 bits per heavy atom. The molecule has 0 aromatic heterocycles. The third-order valence-electron chi connectivity index (χ3n) is 7.49. The van der Waals surface area contributed by atoms with Gasteiger partial charge in [-0.05, 0) is 75.6 Å². The second-order valence-electron chi connectivity index (χ2n) is 9.85. The third-order valence-corrected chi connectivity index (χ3v) is 7.49. The molecule has 0 bridgehead atoms. The smallest absolute Gasteiger partial charge is 0.225 e. The van der Waals surface area contributed by atoms with Gasteiger partial charge in [0.25, 0.3) is 0 Å². The van der Waals surface area contributed by atoms with Crippen molar-refractivity contribution in [1.29, 1.82) is 0 Å². The van der Waals surface area contributed by atoms with Gasteiger partial charge in [0.05, 0.1) is 7.11 Å². The largest absolute Gasteiger partial charge is 0.497 e. The Morgan fingerprint density at radius 1 is 1.09 bits per heavy atom. The first kappa shape index (κ1) is 27.0. The van der Waals surface area contributed by atoms with Crippen molar-refractivity contribution in [3.8, 4) is 5.75 Å². The SMILES string of the molecule is CCCCN(CC1CCN(C(=O)C2CCCCC2)CC1)C(C)Cc1ccc(OC)cc1.Cl. The van der Waals surface area contributed by atoms with Gasteiger partial charge >= 0.3 is 0 Å². The quantitative estimate of drug-likeness (QED) is 0.427. The van der Waals surface area contributed by atoms with E-state index in [1.807, 2.05) is 0 Å². The van der Waals surface area contributed by atoms with Crippen molar-refractivity contribution < 1.29 is 9.53 Å². The number of ether oxygens (including phenoxy) is 1. The van der Waals surface area contributed by atoms with E-state index in [-0.39, 0.29) is 12.4 Å². The Hall–Kier alpha value is -1.26. The van der Waals surface area contributed by atoms with Crippen molar-refractivity contribution >= 4 is 18.3 Å². The van der Waals surface area contributed by atoms with Crippen LogP contribution in [0.15, 0.2) is 24.3 Å². The summed E-state index contributed by atoms with van der Waals surface area (Å²) in [5.74, 6) is 2.41. The molecular formula is C27H45ClN2O2. The lowest BCUT2D eigenvalue weighted by molar-refractivity contribution is -0.138. The fourth-order valence-corrected chi connectivity index (χ4v) is 5.36. The molecule has 0 N–H and O–H groups in total. The summed E-state index contributed by atoms with van der Waals surface area (Å²) >= 11 is 0. The van der Waals surface area contributed by atoms with Crippen molar-refractivity contribution in [1.82, 2.24) is 9.80 Å². The van der Waals surface area contributed by atoms with Crippen LogP contribution in [0.2, 0.25) is 0 Å². The van der Waals surface area contributed by atoms with Gasteiger partial charge in [0.15, 0.2) is 0 Å². The molecule has 1 aromatic carbocycles. The fourth-order valence-electron chi connectivity index (χ4n) is 5.36. The highest BCUT2D eigenvalue weighted by molar-refractivity contribution is 5.85.